The summed E-state index contributed by atoms with van der Waals surface area (Å²) in [6.07, 6.45) is 5.32. The van der Waals surface area contributed by atoms with Crippen LogP contribution in [0.2, 0.25) is 0 Å². The maximum absolute atomic E-state index is 5.92. The van der Waals surface area contributed by atoms with E-state index in [0.717, 1.165) is 21.6 Å². The summed E-state index contributed by atoms with van der Waals surface area (Å²) in [5.74, 6) is 0.525. The Morgan fingerprint density at radius 1 is 1.32 bits per heavy atom. The number of nitrogens with two attached hydrogens (primary N) is 1. The molecule has 2 N–H and O–H groups in total. The Bertz CT molecular complexity index is 704. The van der Waals surface area contributed by atoms with Gasteiger partial charge in [0, 0.05) is 16.6 Å². The van der Waals surface area contributed by atoms with Crippen molar-refractivity contribution in [3.05, 3.63) is 51.7 Å². The molecule has 0 radical (unpaired) electrons. The largest absolute Gasteiger partial charge is 0.383 e. The first kappa shape index (κ1) is 12.4. The van der Waals surface area contributed by atoms with E-state index in [-0.39, 0.29) is 0 Å². The lowest BCUT2D eigenvalue weighted by Gasteiger charge is -2.08. The van der Waals surface area contributed by atoms with Gasteiger partial charge in [-0.15, -0.1) is 11.3 Å². The summed E-state index contributed by atoms with van der Waals surface area (Å²) in [6.45, 7) is 0.778. The average molecular weight is 335 g/mol. The fourth-order valence-corrected chi connectivity index (χ4v) is 3.39. The van der Waals surface area contributed by atoms with Crippen molar-refractivity contribution in [2.45, 2.75) is 6.54 Å². The van der Waals surface area contributed by atoms with Crippen LogP contribution < -0.4 is 5.73 Å². The van der Waals surface area contributed by atoms with Crippen molar-refractivity contribution in [3.8, 4) is 11.3 Å². The quantitative estimate of drug-likeness (QED) is 0.798. The van der Waals surface area contributed by atoms with Crippen molar-refractivity contribution in [1.29, 1.82) is 0 Å². The van der Waals surface area contributed by atoms with Gasteiger partial charge in [-0.3, -0.25) is 0 Å². The smallest absolute Gasteiger partial charge is 0.132 e. The van der Waals surface area contributed by atoms with Gasteiger partial charge in [0.05, 0.1) is 28.5 Å². The number of aromatic nitrogens is 3. The first-order chi connectivity index (χ1) is 9.24. The minimum atomic E-state index is 0.525. The molecule has 3 rings (SSSR count). The highest BCUT2D eigenvalue weighted by atomic mass is 79.9. The monoisotopic (exact) mass is 334 g/mol. The fraction of sp³-hybridized carbons (Fsp3) is 0.0769. The molecule has 0 spiro atoms. The van der Waals surface area contributed by atoms with Gasteiger partial charge in [0.15, 0.2) is 0 Å². The van der Waals surface area contributed by atoms with Crippen LogP contribution in [0, 0.1) is 0 Å². The number of imidazole rings is 1. The number of hydrogen-bond donors (Lipinski definition) is 1. The van der Waals surface area contributed by atoms with E-state index in [9.17, 15) is 0 Å². The van der Waals surface area contributed by atoms with Crippen molar-refractivity contribution in [2.75, 3.05) is 5.73 Å². The fourth-order valence-electron chi connectivity index (χ4n) is 1.91. The third-order valence-corrected chi connectivity index (χ3v) is 4.39. The van der Waals surface area contributed by atoms with Crippen LogP contribution in [0.1, 0.15) is 4.88 Å². The Morgan fingerprint density at radius 2 is 2.21 bits per heavy atom. The average Bonchev–Trinajstić information content (AvgIpc) is 3.00. The van der Waals surface area contributed by atoms with Crippen molar-refractivity contribution in [3.63, 3.8) is 0 Å². The van der Waals surface area contributed by atoms with Gasteiger partial charge in [-0.2, -0.15) is 0 Å². The number of halogens is 1. The van der Waals surface area contributed by atoms with E-state index in [0.29, 0.717) is 5.82 Å². The molecule has 0 unspecified atom stereocenters. The van der Waals surface area contributed by atoms with Gasteiger partial charge < -0.3 is 10.3 Å². The summed E-state index contributed by atoms with van der Waals surface area (Å²) in [5, 5.41) is 0. The van der Waals surface area contributed by atoms with E-state index in [1.165, 1.54) is 4.88 Å². The van der Waals surface area contributed by atoms with Gasteiger partial charge in [0.25, 0.3) is 0 Å². The highest BCUT2D eigenvalue weighted by Crippen LogP contribution is 2.27. The molecule has 6 heteroatoms. The molecule has 3 aromatic rings. The minimum absolute atomic E-state index is 0.525. The molecule has 96 valence electrons. The SMILES string of the molecule is Nc1ncccc1-c1cncn1Cc1ccc(Br)s1. The topological polar surface area (TPSA) is 56.7 Å². The number of rotatable bonds is 3. The molecule has 0 aliphatic heterocycles. The van der Waals surface area contributed by atoms with Crippen LogP contribution in [0.25, 0.3) is 11.3 Å². The van der Waals surface area contributed by atoms with Crippen LogP contribution in [0.4, 0.5) is 5.82 Å². The lowest BCUT2D eigenvalue weighted by atomic mass is 10.2. The molecule has 0 fully saturated rings. The zero-order valence-electron chi connectivity index (χ0n) is 9.95. The normalized spacial score (nSPS) is 10.8. The maximum atomic E-state index is 5.92. The van der Waals surface area contributed by atoms with Crippen molar-refractivity contribution in [2.24, 2.45) is 0 Å². The predicted molar refractivity (Wildman–Crippen MR) is 81.0 cm³/mol. The Morgan fingerprint density at radius 3 is 2.95 bits per heavy atom. The molecule has 0 amide bonds. The Hall–Kier alpha value is -1.66. The summed E-state index contributed by atoms with van der Waals surface area (Å²) in [7, 11) is 0. The highest BCUT2D eigenvalue weighted by molar-refractivity contribution is 9.11. The molecular weight excluding hydrogens is 324 g/mol. The van der Waals surface area contributed by atoms with Crippen molar-refractivity contribution < 1.29 is 0 Å². The minimum Gasteiger partial charge on any atom is -0.383 e. The highest BCUT2D eigenvalue weighted by Gasteiger charge is 2.09. The number of anilines is 1. The molecule has 0 atom stereocenters. The van der Waals surface area contributed by atoms with Crippen LogP contribution >= 0.6 is 27.3 Å². The van der Waals surface area contributed by atoms with Crippen LogP contribution in [0.5, 0.6) is 0 Å². The second-order valence-corrected chi connectivity index (χ2v) is 6.60. The summed E-state index contributed by atoms with van der Waals surface area (Å²) in [4.78, 5) is 9.59. The Kier molecular flexibility index (Phi) is 3.35. The van der Waals surface area contributed by atoms with E-state index in [1.807, 2.05) is 24.7 Å². The third-order valence-electron chi connectivity index (χ3n) is 2.78. The third kappa shape index (κ3) is 2.54. The van der Waals surface area contributed by atoms with Crippen LogP contribution in [-0.4, -0.2) is 14.5 Å². The zero-order valence-corrected chi connectivity index (χ0v) is 12.4. The Balaban J connectivity index is 1.97. The van der Waals surface area contributed by atoms with Crippen LogP contribution in [0.3, 0.4) is 0 Å². The lowest BCUT2D eigenvalue weighted by molar-refractivity contribution is 0.817. The summed E-state index contributed by atoms with van der Waals surface area (Å²) >= 11 is 5.19. The number of pyridine rings is 1. The standard InChI is InChI=1S/C13H11BrN4S/c14-12-4-3-9(19-12)7-18-8-16-6-11(18)10-2-1-5-17-13(10)15/h1-6,8H,7H2,(H2,15,17). The molecule has 19 heavy (non-hydrogen) atoms. The summed E-state index contributed by atoms with van der Waals surface area (Å²) in [5.41, 5.74) is 7.82. The summed E-state index contributed by atoms with van der Waals surface area (Å²) < 4.78 is 3.20. The number of nitrogens with zero attached hydrogens (tertiary/aromatic N) is 3. The molecule has 3 aromatic heterocycles. The molecular formula is C13H11BrN4S. The first-order valence-corrected chi connectivity index (χ1v) is 7.30. The van der Waals surface area contributed by atoms with E-state index in [1.54, 1.807) is 17.5 Å². The lowest BCUT2D eigenvalue weighted by Crippen LogP contribution is -2.01. The van der Waals surface area contributed by atoms with E-state index in [2.05, 4.69) is 42.6 Å². The molecule has 4 nitrogen and oxygen atoms in total. The Labute approximate surface area is 123 Å². The van der Waals surface area contributed by atoms with Crippen molar-refractivity contribution >= 4 is 33.1 Å². The van der Waals surface area contributed by atoms with Gasteiger partial charge in [0.1, 0.15) is 5.82 Å². The first-order valence-electron chi connectivity index (χ1n) is 5.69. The number of nitrogen functional groups attached to an aromatic ring is 1. The molecule has 0 aliphatic rings. The van der Waals surface area contributed by atoms with Gasteiger partial charge in [-0.05, 0) is 40.2 Å². The van der Waals surface area contributed by atoms with E-state index < -0.39 is 0 Å². The second-order valence-electron chi connectivity index (χ2n) is 4.05. The molecule has 0 saturated heterocycles. The van der Waals surface area contributed by atoms with Gasteiger partial charge in [0.2, 0.25) is 0 Å². The summed E-state index contributed by atoms with van der Waals surface area (Å²) in [6, 6.07) is 7.99. The van der Waals surface area contributed by atoms with E-state index >= 15 is 0 Å². The van der Waals surface area contributed by atoms with Crippen LogP contribution in [0.15, 0.2) is 46.8 Å². The maximum Gasteiger partial charge on any atom is 0.132 e. The van der Waals surface area contributed by atoms with Crippen LogP contribution in [-0.2, 0) is 6.54 Å². The molecule has 0 bridgehead atoms. The van der Waals surface area contributed by atoms with Gasteiger partial charge in [-0.25, -0.2) is 9.97 Å². The molecule has 0 aliphatic carbocycles. The van der Waals surface area contributed by atoms with Crippen molar-refractivity contribution in [1.82, 2.24) is 14.5 Å². The predicted octanol–water partition coefficient (Wildman–Crippen LogP) is 3.40. The second kappa shape index (κ2) is 5.14. The van der Waals surface area contributed by atoms with Gasteiger partial charge in [-0.1, -0.05) is 0 Å². The molecule has 0 aromatic carbocycles. The zero-order chi connectivity index (χ0) is 13.2. The number of thiophene rings is 1. The molecule has 0 saturated carbocycles. The van der Waals surface area contributed by atoms with E-state index in [4.69, 9.17) is 5.73 Å². The molecule has 3 heterocycles. The number of hydrogen-bond acceptors (Lipinski definition) is 4. The van der Waals surface area contributed by atoms with Gasteiger partial charge >= 0.3 is 0 Å².